The van der Waals surface area contributed by atoms with E-state index in [-0.39, 0.29) is 28.9 Å². The highest BCUT2D eigenvalue weighted by atomic mass is 32.1. The lowest BCUT2D eigenvalue weighted by atomic mass is 9.87. The van der Waals surface area contributed by atoms with E-state index in [1.807, 2.05) is 31.2 Å². The molecule has 0 aromatic heterocycles. The minimum atomic E-state index is -0.376. The Kier molecular flexibility index (Phi) is 9.66. The van der Waals surface area contributed by atoms with Crippen LogP contribution in [0.5, 0.6) is 11.5 Å². The van der Waals surface area contributed by atoms with E-state index in [0.29, 0.717) is 29.3 Å². The standard InChI is InChI=1S/C25H33N3O4S/c1-6-7-8-22(29)27-20-14-11-18(15-21(20)31-5)26-24(33)28-23(30)16-32-19-12-9-17(10-13-19)25(2,3)4/h9-15H,6-8,16H2,1-5H3,(H,27,29)(H2,26,28,30,33). The summed E-state index contributed by atoms with van der Waals surface area (Å²) in [6.45, 7) is 8.28. The van der Waals surface area contributed by atoms with Crippen LogP contribution in [0.4, 0.5) is 11.4 Å². The largest absolute Gasteiger partial charge is 0.494 e. The van der Waals surface area contributed by atoms with Crippen LogP contribution in [0.1, 0.15) is 52.5 Å². The smallest absolute Gasteiger partial charge is 0.264 e. The number of amides is 2. The van der Waals surface area contributed by atoms with Gasteiger partial charge in [-0.2, -0.15) is 0 Å². The van der Waals surface area contributed by atoms with Gasteiger partial charge in [-0.25, -0.2) is 0 Å². The fourth-order valence-electron chi connectivity index (χ4n) is 2.95. The Morgan fingerprint density at radius 2 is 1.70 bits per heavy atom. The predicted molar refractivity (Wildman–Crippen MR) is 136 cm³/mol. The molecule has 8 heteroatoms. The lowest BCUT2D eigenvalue weighted by molar-refractivity contribution is -0.121. The van der Waals surface area contributed by atoms with Gasteiger partial charge in [0.05, 0.1) is 12.8 Å². The number of carbonyl (C=O) groups excluding carboxylic acids is 2. The summed E-state index contributed by atoms with van der Waals surface area (Å²) >= 11 is 5.22. The van der Waals surface area contributed by atoms with E-state index in [2.05, 4.69) is 36.7 Å². The van der Waals surface area contributed by atoms with Crippen molar-refractivity contribution in [1.82, 2.24) is 5.32 Å². The van der Waals surface area contributed by atoms with Crippen LogP contribution in [0.3, 0.4) is 0 Å². The van der Waals surface area contributed by atoms with Gasteiger partial charge in [0, 0.05) is 18.2 Å². The Hall–Kier alpha value is -3.13. The predicted octanol–water partition coefficient (Wildman–Crippen LogP) is 5.01. The van der Waals surface area contributed by atoms with E-state index in [4.69, 9.17) is 21.7 Å². The first kappa shape index (κ1) is 26.1. The van der Waals surface area contributed by atoms with Crippen molar-refractivity contribution < 1.29 is 19.1 Å². The number of unbranched alkanes of at least 4 members (excludes halogenated alkanes) is 1. The van der Waals surface area contributed by atoms with Crippen LogP contribution < -0.4 is 25.4 Å². The fourth-order valence-corrected chi connectivity index (χ4v) is 3.18. The SMILES string of the molecule is CCCCC(=O)Nc1ccc(NC(=S)NC(=O)COc2ccc(C(C)(C)C)cc2)cc1OC. The summed E-state index contributed by atoms with van der Waals surface area (Å²) in [4.78, 5) is 24.2. The number of hydrogen-bond donors (Lipinski definition) is 3. The third kappa shape index (κ3) is 8.73. The minimum Gasteiger partial charge on any atom is -0.494 e. The van der Waals surface area contributed by atoms with E-state index in [1.165, 1.54) is 12.7 Å². The van der Waals surface area contributed by atoms with Gasteiger partial charge in [0.15, 0.2) is 11.7 Å². The molecule has 2 aromatic carbocycles. The summed E-state index contributed by atoms with van der Waals surface area (Å²) in [6, 6.07) is 12.8. The summed E-state index contributed by atoms with van der Waals surface area (Å²) in [5.41, 5.74) is 2.42. The van der Waals surface area contributed by atoms with Crippen LogP contribution >= 0.6 is 12.2 Å². The van der Waals surface area contributed by atoms with Crippen LogP contribution in [-0.2, 0) is 15.0 Å². The van der Waals surface area contributed by atoms with Gasteiger partial charge in [-0.05, 0) is 53.9 Å². The van der Waals surface area contributed by atoms with E-state index in [1.54, 1.807) is 18.2 Å². The molecule has 0 spiro atoms. The quantitative estimate of drug-likeness (QED) is 0.446. The number of carbonyl (C=O) groups is 2. The van der Waals surface area contributed by atoms with Crippen LogP contribution in [-0.4, -0.2) is 30.6 Å². The number of thiocarbonyl (C=S) groups is 1. The van der Waals surface area contributed by atoms with Crippen molar-refractivity contribution in [3.05, 3.63) is 48.0 Å². The zero-order valence-corrected chi connectivity index (χ0v) is 20.7. The molecule has 178 valence electrons. The maximum atomic E-state index is 12.2. The van der Waals surface area contributed by atoms with Crippen molar-refractivity contribution in [2.75, 3.05) is 24.4 Å². The van der Waals surface area contributed by atoms with E-state index < -0.39 is 0 Å². The van der Waals surface area contributed by atoms with Crippen LogP contribution in [0.25, 0.3) is 0 Å². The maximum absolute atomic E-state index is 12.2. The zero-order valence-electron chi connectivity index (χ0n) is 19.9. The molecule has 2 amide bonds. The van der Waals surface area contributed by atoms with Crippen LogP contribution in [0.15, 0.2) is 42.5 Å². The Balaban J connectivity index is 1.86. The molecule has 0 fully saturated rings. The topological polar surface area (TPSA) is 88.7 Å². The summed E-state index contributed by atoms with van der Waals surface area (Å²) < 4.78 is 10.9. The van der Waals surface area contributed by atoms with Gasteiger partial charge in [0.2, 0.25) is 5.91 Å². The van der Waals surface area contributed by atoms with Gasteiger partial charge >= 0.3 is 0 Å². The van der Waals surface area contributed by atoms with Gasteiger partial charge in [0.1, 0.15) is 11.5 Å². The molecule has 2 aromatic rings. The minimum absolute atomic E-state index is 0.0509. The number of rotatable bonds is 9. The summed E-state index contributed by atoms with van der Waals surface area (Å²) in [7, 11) is 1.52. The highest BCUT2D eigenvalue weighted by Gasteiger charge is 2.14. The monoisotopic (exact) mass is 471 g/mol. The second-order valence-electron chi connectivity index (χ2n) is 8.63. The average Bonchev–Trinajstić information content (AvgIpc) is 2.76. The molecular formula is C25H33N3O4S. The third-order valence-corrected chi connectivity index (χ3v) is 5.04. The molecule has 33 heavy (non-hydrogen) atoms. The Morgan fingerprint density at radius 3 is 2.30 bits per heavy atom. The first-order valence-corrected chi connectivity index (χ1v) is 11.3. The normalized spacial score (nSPS) is 10.8. The molecule has 0 aliphatic heterocycles. The summed E-state index contributed by atoms with van der Waals surface area (Å²) in [5, 5.41) is 8.50. The number of benzene rings is 2. The van der Waals surface area contributed by atoms with E-state index in [0.717, 1.165) is 12.8 Å². The summed E-state index contributed by atoms with van der Waals surface area (Å²) in [5.74, 6) is 0.658. The first-order chi connectivity index (χ1) is 15.6. The Morgan fingerprint density at radius 1 is 1.00 bits per heavy atom. The second kappa shape index (κ2) is 12.2. The molecule has 0 saturated carbocycles. The molecule has 0 bridgehead atoms. The number of ether oxygens (including phenoxy) is 2. The Labute approximate surface area is 201 Å². The van der Waals surface area contributed by atoms with E-state index in [9.17, 15) is 9.59 Å². The lowest BCUT2D eigenvalue weighted by Crippen LogP contribution is -2.37. The van der Waals surface area contributed by atoms with Gasteiger partial charge < -0.3 is 20.1 Å². The Bertz CT molecular complexity index is 969. The molecule has 3 N–H and O–H groups in total. The van der Waals surface area contributed by atoms with Crippen molar-refractivity contribution in [2.24, 2.45) is 0 Å². The highest BCUT2D eigenvalue weighted by Crippen LogP contribution is 2.28. The zero-order chi connectivity index (χ0) is 24.4. The number of methoxy groups -OCH3 is 1. The van der Waals surface area contributed by atoms with Crippen molar-refractivity contribution in [3.63, 3.8) is 0 Å². The van der Waals surface area contributed by atoms with Gasteiger partial charge in [0.25, 0.3) is 5.91 Å². The van der Waals surface area contributed by atoms with Crippen LogP contribution in [0, 0.1) is 0 Å². The molecule has 7 nitrogen and oxygen atoms in total. The van der Waals surface area contributed by atoms with Crippen molar-refractivity contribution in [2.45, 2.75) is 52.4 Å². The van der Waals surface area contributed by atoms with Crippen molar-refractivity contribution >= 4 is 40.5 Å². The molecule has 0 unspecified atom stereocenters. The second-order valence-corrected chi connectivity index (χ2v) is 9.04. The van der Waals surface area contributed by atoms with Gasteiger partial charge in [-0.15, -0.1) is 0 Å². The molecule has 0 radical (unpaired) electrons. The lowest BCUT2D eigenvalue weighted by Gasteiger charge is -2.19. The molecule has 0 heterocycles. The first-order valence-electron chi connectivity index (χ1n) is 10.9. The molecular weight excluding hydrogens is 438 g/mol. The third-order valence-electron chi connectivity index (χ3n) is 4.83. The number of hydrogen-bond acceptors (Lipinski definition) is 5. The van der Waals surface area contributed by atoms with Crippen molar-refractivity contribution in [1.29, 1.82) is 0 Å². The molecule has 2 rings (SSSR count). The molecule has 0 aliphatic rings. The fraction of sp³-hybridized carbons (Fsp3) is 0.400. The van der Waals surface area contributed by atoms with Crippen LogP contribution in [0.2, 0.25) is 0 Å². The molecule has 0 aliphatic carbocycles. The maximum Gasteiger partial charge on any atom is 0.264 e. The number of nitrogens with one attached hydrogen (secondary N) is 3. The molecule has 0 atom stereocenters. The van der Waals surface area contributed by atoms with Gasteiger partial charge in [-0.1, -0.05) is 46.2 Å². The summed E-state index contributed by atoms with van der Waals surface area (Å²) in [6.07, 6.45) is 2.23. The van der Waals surface area contributed by atoms with Crippen molar-refractivity contribution in [3.8, 4) is 11.5 Å². The average molecular weight is 472 g/mol. The van der Waals surface area contributed by atoms with E-state index >= 15 is 0 Å². The number of anilines is 2. The molecule has 0 saturated heterocycles. The highest BCUT2D eigenvalue weighted by molar-refractivity contribution is 7.80. The van der Waals surface area contributed by atoms with Gasteiger partial charge in [-0.3, -0.25) is 14.9 Å².